The van der Waals surface area contributed by atoms with Gasteiger partial charge >= 0.3 is 11.8 Å². The molecule has 7 heteroatoms. The Hall–Kier alpha value is -2.83. The Morgan fingerprint density at radius 1 is 1.13 bits per heavy atom. The summed E-state index contributed by atoms with van der Waals surface area (Å²) in [5, 5.41) is 8.70. The van der Waals surface area contributed by atoms with E-state index in [2.05, 4.69) is 20.7 Å². The molecule has 7 nitrogen and oxygen atoms in total. The minimum Gasteiger partial charge on any atom is -0.370 e. The number of rotatable bonds is 3. The van der Waals surface area contributed by atoms with E-state index in [1.165, 1.54) is 0 Å². The number of aromatic nitrogens is 1. The maximum absolute atomic E-state index is 12.1. The Kier molecular flexibility index (Phi) is 4.27. The SMILES string of the molecule is Cc1cc(NC(=O)C(=O)Nc2ccccc2N2CCCC2)no1. The van der Waals surface area contributed by atoms with E-state index in [4.69, 9.17) is 4.52 Å². The molecular weight excluding hydrogens is 296 g/mol. The van der Waals surface area contributed by atoms with Gasteiger partial charge in [0.25, 0.3) is 0 Å². The number of aryl methyl sites for hydroxylation is 1. The third-order valence-corrected chi connectivity index (χ3v) is 3.67. The first-order valence-electron chi connectivity index (χ1n) is 7.53. The van der Waals surface area contributed by atoms with E-state index in [1.54, 1.807) is 19.1 Å². The van der Waals surface area contributed by atoms with Gasteiger partial charge in [0.2, 0.25) is 0 Å². The quantitative estimate of drug-likeness (QED) is 0.848. The van der Waals surface area contributed by atoms with Crippen molar-refractivity contribution in [2.45, 2.75) is 19.8 Å². The lowest BCUT2D eigenvalue weighted by molar-refractivity contribution is -0.133. The molecule has 0 unspecified atom stereocenters. The van der Waals surface area contributed by atoms with Crippen molar-refractivity contribution in [3.63, 3.8) is 0 Å². The number of para-hydroxylation sites is 2. The van der Waals surface area contributed by atoms with Gasteiger partial charge in [-0.15, -0.1) is 0 Å². The largest absolute Gasteiger partial charge is 0.370 e. The molecule has 3 rings (SSSR count). The summed E-state index contributed by atoms with van der Waals surface area (Å²) in [6, 6.07) is 9.03. The fraction of sp³-hybridized carbons (Fsp3) is 0.312. The molecule has 2 amide bonds. The molecule has 2 aromatic rings. The molecule has 1 saturated heterocycles. The summed E-state index contributed by atoms with van der Waals surface area (Å²) >= 11 is 0. The summed E-state index contributed by atoms with van der Waals surface area (Å²) < 4.78 is 4.85. The fourth-order valence-electron chi connectivity index (χ4n) is 2.59. The number of nitrogens with zero attached hydrogens (tertiary/aromatic N) is 2. The summed E-state index contributed by atoms with van der Waals surface area (Å²) in [5.74, 6) is -0.748. The molecule has 0 atom stereocenters. The Labute approximate surface area is 133 Å². The van der Waals surface area contributed by atoms with Gasteiger partial charge in [-0.1, -0.05) is 17.3 Å². The lowest BCUT2D eigenvalue weighted by atomic mass is 10.2. The Bertz CT molecular complexity index is 720. The summed E-state index contributed by atoms with van der Waals surface area (Å²) in [7, 11) is 0. The van der Waals surface area contributed by atoms with Crippen molar-refractivity contribution in [1.82, 2.24) is 5.16 Å². The zero-order chi connectivity index (χ0) is 16.2. The number of hydrogen-bond acceptors (Lipinski definition) is 5. The highest BCUT2D eigenvalue weighted by Crippen LogP contribution is 2.28. The molecule has 120 valence electrons. The normalized spacial score (nSPS) is 13.9. The Balaban J connectivity index is 1.68. The molecule has 0 spiro atoms. The van der Waals surface area contributed by atoms with Crippen LogP contribution in [0.25, 0.3) is 0 Å². The van der Waals surface area contributed by atoms with E-state index in [9.17, 15) is 9.59 Å². The molecule has 2 heterocycles. The van der Waals surface area contributed by atoms with Crippen LogP contribution in [0.2, 0.25) is 0 Å². The highest BCUT2D eigenvalue weighted by atomic mass is 16.5. The smallest absolute Gasteiger partial charge is 0.315 e. The topological polar surface area (TPSA) is 87.5 Å². The summed E-state index contributed by atoms with van der Waals surface area (Å²) in [5.41, 5.74) is 1.56. The Morgan fingerprint density at radius 2 is 1.83 bits per heavy atom. The molecule has 1 fully saturated rings. The highest BCUT2D eigenvalue weighted by molar-refractivity contribution is 6.43. The van der Waals surface area contributed by atoms with E-state index in [0.29, 0.717) is 11.4 Å². The van der Waals surface area contributed by atoms with Crippen LogP contribution in [0.3, 0.4) is 0 Å². The number of carbonyl (C=O) groups is 2. The Morgan fingerprint density at radius 3 is 2.52 bits per heavy atom. The predicted molar refractivity (Wildman–Crippen MR) is 86.4 cm³/mol. The van der Waals surface area contributed by atoms with E-state index >= 15 is 0 Å². The minimum atomic E-state index is -0.783. The zero-order valence-electron chi connectivity index (χ0n) is 12.8. The van der Waals surface area contributed by atoms with E-state index in [0.717, 1.165) is 31.6 Å². The number of benzene rings is 1. The molecule has 1 aromatic carbocycles. The van der Waals surface area contributed by atoms with Crippen molar-refractivity contribution in [2.75, 3.05) is 28.6 Å². The van der Waals surface area contributed by atoms with Crippen LogP contribution in [0, 0.1) is 6.92 Å². The number of hydrogen-bond donors (Lipinski definition) is 2. The van der Waals surface area contributed by atoms with Crippen LogP contribution in [0.15, 0.2) is 34.9 Å². The molecule has 0 radical (unpaired) electrons. The molecule has 1 aliphatic rings. The van der Waals surface area contributed by atoms with Crippen LogP contribution in [-0.2, 0) is 9.59 Å². The third kappa shape index (κ3) is 3.50. The van der Waals surface area contributed by atoms with Crippen LogP contribution in [0.1, 0.15) is 18.6 Å². The molecule has 2 N–H and O–H groups in total. The van der Waals surface area contributed by atoms with Gasteiger partial charge in [0.05, 0.1) is 11.4 Å². The van der Waals surface area contributed by atoms with Crippen LogP contribution in [-0.4, -0.2) is 30.1 Å². The first-order chi connectivity index (χ1) is 11.1. The van der Waals surface area contributed by atoms with Gasteiger partial charge in [0, 0.05) is 19.2 Å². The molecule has 1 aliphatic heterocycles. The minimum absolute atomic E-state index is 0.218. The maximum Gasteiger partial charge on any atom is 0.315 e. The van der Waals surface area contributed by atoms with E-state index in [-0.39, 0.29) is 5.82 Å². The van der Waals surface area contributed by atoms with Crippen molar-refractivity contribution in [1.29, 1.82) is 0 Å². The second kappa shape index (κ2) is 6.51. The molecule has 0 aliphatic carbocycles. The van der Waals surface area contributed by atoms with Gasteiger partial charge in [0.1, 0.15) is 5.76 Å². The lowest BCUT2D eigenvalue weighted by Gasteiger charge is -2.21. The maximum atomic E-state index is 12.1. The van der Waals surface area contributed by atoms with E-state index in [1.807, 2.05) is 18.2 Å². The molecule has 0 saturated carbocycles. The van der Waals surface area contributed by atoms with Crippen LogP contribution < -0.4 is 15.5 Å². The number of amides is 2. The van der Waals surface area contributed by atoms with Crippen LogP contribution in [0.5, 0.6) is 0 Å². The van der Waals surface area contributed by atoms with Gasteiger partial charge in [-0.3, -0.25) is 14.9 Å². The number of nitrogens with one attached hydrogen (secondary N) is 2. The molecule has 0 bridgehead atoms. The summed E-state index contributed by atoms with van der Waals surface area (Å²) in [6.45, 7) is 3.61. The lowest BCUT2D eigenvalue weighted by Crippen LogP contribution is -2.30. The van der Waals surface area contributed by atoms with Gasteiger partial charge in [0.15, 0.2) is 5.82 Å². The first-order valence-corrected chi connectivity index (χ1v) is 7.53. The zero-order valence-corrected chi connectivity index (χ0v) is 12.8. The van der Waals surface area contributed by atoms with Crippen molar-refractivity contribution in [3.05, 3.63) is 36.1 Å². The van der Waals surface area contributed by atoms with E-state index < -0.39 is 11.8 Å². The summed E-state index contributed by atoms with van der Waals surface area (Å²) in [4.78, 5) is 26.2. The third-order valence-electron chi connectivity index (χ3n) is 3.67. The second-order valence-electron chi connectivity index (χ2n) is 5.44. The monoisotopic (exact) mass is 314 g/mol. The highest BCUT2D eigenvalue weighted by Gasteiger charge is 2.20. The average Bonchev–Trinajstić information content (AvgIpc) is 3.19. The van der Waals surface area contributed by atoms with Crippen molar-refractivity contribution in [2.24, 2.45) is 0 Å². The van der Waals surface area contributed by atoms with Crippen LogP contribution >= 0.6 is 0 Å². The number of anilines is 3. The van der Waals surface area contributed by atoms with Gasteiger partial charge in [-0.25, -0.2) is 0 Å². The van der Waals surface area contributed by atoms with Crippen LogP contribution in [0.4, 0.5) is 17.2 Å². The molecular formula is C16H18N4O3. The fourth-order valence-corrected chi connectivity index (χ4v) is 2.59. The van der Waals surface area contributed by atoms with Crippen molar-refractivity contribution in [3.8, 4) is 0 Å². The molecule has 23 heavy (non-hydrogen) atoms. The number of carbonyl (C=O) groups excluding carboxylic acids is 2. The standard InChI is InChI=1S/C16H18N4O3/c1-11-10-14(19-23-11)18-16(22)15(21)17-12-6-2-3-7-13(12)20-8-4-5-9-20/h2-3,6-7,10H,4-5,8-9H2,1H3,(H,17,21)(H,18,19,22). The van der Waals surface area contributed by atoms with Gasteiger partial charge in [-0.2, -0.15) is 0 Å². The van der Waals surface area contributed by atoms with Crippen molar-refractivity contribution < 1.29 is 14.1 Å². The second-order valence-corrected chi connectivity index (χ2v) is 5.44. The van der Waals surface area contributed by atoms with Gasteiger partial charge < -0.3 is 14.7 Å². The van der Waals surface area contributed by atoms with Gasteiger partial charge in [-0.05, 0) is 31.9 Å². The average molecular weight is 314 g/mol. The molecule has 1 aromatic heterocycles. The summed E-state index contributed by atoms with van der Waals surface area (Å²) in [6.07, 6.45) is 2.27. The first kappa shape index (κ1) is 15.1. The van der Waals surface area contributed by atoms with Crippen molar-refractivity contribution >= 4 is 29.0 Å². The predicted octanol–water partition coefficient (Wildman–Crippen LogP) is 2.16.